The first-order chi connectivity index (χ1) is 15.6. The number of anilines is 2. The van der Waals surface area contributed by atoms with Crippen molar-refractivity contribution in [1.82, 2.24) is 0 Å². The van der Waals surface area contributed by atoms with E-state index < -0.39 is 0 Å². The van der Waals surface area contributed by atoms with E-state index >= 15 is 0 Å². The lowest BCUT2D eigenvalue weighted by atomic mass is 9.94. The normalized spacial score (nSPS) is 13.8. The number of rotatable bonds is 2. The summed E-state index contributed by atoms with van der Waals surface area (Å²) in [6.45, 7) is 4.25. The third kappa shape index (κ3) is 4.30. The maximum absolute atomic E-state index is 6.57. The van der Waals surface area contributed by atoms with Crippen LogP contribution in [0.1, 0.15) is 25.8 Å². The molecule has 0 atom stereocenters. The zero-order valence-corrected chi connectivity index (χ0v) is 19.4. The van der Waals surface area contributed by atoms with Gasteiger partial charge in [0.15, 0.2) is 0 Å². The summed E-state index contributed by atoms with van der Waals surface area (Å²) in [6.07, 6.45) is 9.32. The van der Waals surface area contributed by atoms with Crippen LogP contribution in [0.25, 0.3) is 39.1 Å². The minimum Gasteiger partial charge on any atom is -0.398 e. The smallest absolute Gasteiger partial charge is 0.0473 e. The molecule has 2 nitrogen and oxygen atoms in total. The summed E-state index contributed by atoms with van der Waals surface area (Å²) in [5.74, 6) is 0. The molecule has 0 radical (unpaired) electrons. The van der Waals surface area contributed by atoms with Crippen LogP contribution < -0.4 is 11.1 Å². The van der Waals surface area contributed by atoms with Gasteiger partial charge in [-0.1, -0.05) is 99.2 Å². The largest absolute Gasteiger partial charge is 0.398 e. The van der Waals surface area contributed by atoms with Crippen molar-refractivity contribution >= 4 is 40.9 Å². The van der Waals surface area contributed by atoms with Crippen LogP contribution in [-0.2, 0) is 0 Å². The van der Waals surface area contributed by atoms with Gasteiger partial charge in [0.25, 0.3) is 0 Å². The summed E-state index contributed by atoms with van der Waals surface area (Å²) in [4.78, 5) is 0.918. The lowest BCUT2D eigenvalue weighted by molar-refractivity contribution is 1.09. The van der Waals surface area contributed by atoms with E-state index in [2.05, 4.69) is 85.9 Å². The maximum atomic E-state index is 6.57. The van der Waals surface area contributed by atoms with Crippen LogP contribution in [-0.4, -0.2) is 0 Å². The van der Waals surface area contributed by atoms with E-state index in [1.807, 2.05) is 30.5 Å². The molecule has 3 N–H and O–H groups in total. The van der Waals surface area contributed by atoms with E-state index in [-0.39, 0.29) is 0 Å². The van der Waals surface area contributed by atoms with Crippen molar-refractivity contribution in [2.24, 2.45) is 0 Å². The van der Waals surface area contributed by atoms with Crippen LogP contribution >= 0.6 is 12.6 Å². The summed E-state index contributed by atoms with van der Waals surface area (Å²) >= 11 is 4.94. The number of benzene rings is 4. The highest BCUT2D eigenvalue weighted by molar-refractivity contribution is 7.80. The summed E-state index contributed by atoms with van der Waals surface area (Å²) < 4.78 is 0. The Labute approximate surface area is 195 Å². The van der Waals surface area contributed by atoms with Gasteiger partial charge in [-0.25, -0.2) is 0 Å². The van der Waals surface area contributed by atoms with Crippen molar-refractivity contribution in [1.29, 1.82) is 0 Å². The van der Waals surface area contributed by atoms with Gasteiger partial charge >= 0.3 is 0 Å². The Morgan fingerprint density at radius 2 is 1.50 bits per heavy atom. The summed E-state index contributed by atoms with van der Waals surface area (Å²) in [5.41, 5.74) is 13.8. The van der Waals surface area contributed by atoms with Crippen LogP contribution in [0, 0.1) is 0 Å². The van der Waals surface area contributed by atoms with Crippen molar-refractivity contribution in [3.8, 4) is 22.3 Å². The van der Waals surface area contributed by atoms with E-state index in [9.17, 15) is 0 Å². The van der Waals surface area contributed by atoms with E-state index in [0.29, 0.717) is 0 Å². The van der Waals surface area contributed by atoms with Crippen LogP contribution in [0.4, 0.5) is 11.4 Å². The van der Waals surface area contributed by atoms with Gasteiger partial charge in [-0.15, -0.1) is 12.6 Å². The first kappa shape index (κ1) is 21.8. The molecule has 0 aromatic heterocycles. The monoisotopic (exact) mass is 436 g/mol. The quantitative estimate of drug-likeness (QED) is 0.218. The van der Waals surface area contributed by atoms with Crippen molar-refractivity contribution in [3.05, 3.63) is 96.7 Å². The van der Waals surface area contributed by atoms with Gasteiger partial charge in [0.05, 0.1) is 0 Å². The fourth-order valence-corrected chi connectivity index (χ4v) is 4.28. The Morgan fingerprint density at radius 3 is 2.31 bits per heavy atom. The van der Waals surface area contributed by atoms with Gasteiger partial charge < -0.3 is 11.1 Å². The summed E-state index contributed by atoms with van der Waals surface area (Å²) in [6, 6.07) is 25.1. The molecule has 160 valence electrons. The van der Waals surface area contributed by atoms with Crippen LogP contribution in [0.15, 0.2) is 96.0 Å². The molecular weight excluding hydrogens is 408 g/mol. The fraction of sp³-hybridized carbons (Fsp3) is 0.103. The second-order valence-electron chi connectivity index (χ2n) is 7.82. The molecule has 1 aliphatic heterocycles. The van der Waals surface area contributed by atoms with Gasteiger partial charge in [0.2, 0.25) is 0 Å². The van der Waals surface area contributed by atoms with Crippen molar-refractivity contribution in [2.45, 2.75) is 25.2 Å². The SMILES string of the molecule is CCC.Nc1c(-c2cccc(-c3ccc4cc3N/C=C\C=C/4)c2S)ccc2ccccc12. The summed E-state index contributed by atoms with van der Waals surface area (Å²) in [7, 11) is 0. The second kappa shape index (κ2) is 9.80. The molecule has 0 spiro atoms. The third-order valence-corrected chi connectivity index (χ3v) is 5.85. The van der Waals surface area contributed by atoms with Gasteiger partial charge in [0, 0.05) is 39.0 Å². The van der Waals surface area contributed by atoms with E-state index in [0.717, 1.165) is 54.9 Å². The molecule has 5 rings (SSSR count). The van der Waals surface area contributed by atoms with Gasteiger partial charge in [-0.3, -0.25) is 0 Å². The molecule has 3 heteroatoms. The first-order valence-corrected chi connectivity index (χ1v) is 11.4. The Morgan fingerprint density at radius 1 is 0.781 bits per heavy atom. The number of hydrogen-bond acceptors (Lipinski definition) is 3. The molecule has 1 aliphatic rings. The molecule has 32 heavy (non-hydrogen) atoms. The molecule has 2 bridgehead atoms. The molecule has 1 heterocycles. The molecule has 0 aliphatic carbocycles. The lowest BCUT2D eigenvalue weighted by Crippen LogP contribution is -1.96. The molecule has 0 saturated heterocycles. The predicted octanol–water partition coefficient (Wildman–Crippen LogP) is 8.41. The van der Waals surface area contributed by atoms with Crippen LogP contribution in [0.3, 0.4) is 0 Å². The lowest BCUT2D eigenvalue weighted by Gasteiger charge is -2.17. The topological polar surface area (TPSA) is 38.0 Å². The zero-order valence-electron chi connectivity index (χ0n) is 18.5. The predicted molar refractivity (Wildman–Crippen MR) is 144 cm³/mol. The Balaban J connectivity index is 0.000000775. The number of allylic oxidation sites excluding steroid dienone is 2. The number of fused-ring (bicyclic) bond motifs is 3. The maximum Gasteiger partial charge on any atom is 0.0473 e. The molecule has 4 aromatic rings. The molecule has 0 saturated carbocycles. The number of nitrogen functional groups attached to an aromatic ring is 1. The standard InChI is InChI=1S/C26H20N2S.C3H8/c27-25-19-8-2-1-7-18(19)12-14-21(25)23-10-5-9-22(26(23)29)20-13-11-17-6-3-4-15-28-24(20)16-17;1-3-2/h1-16,28-29H,27H2;3H2,1-2H3/b6-3-,15-4-;. The van der Waals surface area contributed by atoms with Gasteiger partial charge in [-0.2, -0.15) is 0 Å². The number of thiol groups is 1. The molecular formula is C29H28N2S. The minimum absolute atomic E-state index is 0.784. The van der Waals surface area contributed by atoms with Crippen LogP contribution in [0.5, 0.6) is 0 Å². The van der Waals surface area contributed by atoms with E-state index in [1.165, 1.54) is 6.42 Å². The van der Waals surface area contributed by atoms with E-state index in [4.69, 9.17) is 18.4 Å². The highest BCUT2D eigenvalue weighted by Gasteiger charge is 2.15. The molecule has 4 aromatic carbocycles. The zero-order chi connectivity index (χ0) is 22.5. The highest BCUT2D eigenvalue weighted by atomic mass is 32.1. The van der Waals surface area contributed by atoms with Crippen molar-refractivity contribution in [2.75, 3.05) is 11.1 Å². The third-order valence-electron chi connectivity index (χ3n) is 5.37. The molecule has 0 fully saturated rings. The highest BCUT2D eigenvalue weighted by Crippen LogP contribution is 2.41. The van der Waals surface area contributed by atoms with E-state index in [1.54, 1.807) is 0 Å². The average Bonchev–Trinajstić information content (AvgIpc) is 2.79. The van der Waals surface area contributed by atoms with Crippen molar-refractivity contribution < 1.29 is 0 Å². The van der Waals surface area contributed by atoms with Gasteiger partial charge in [-0.05, 0) is 34.2 Å². The molecule has 0 unspecified atom stereocenters. The molecule has 0 amide bonds. The Hall–Kier alpha value is -3.43. The Kier molecular flexibility index (Phi) is 6.67. The Bertz CT molecular complexity index is 1320. The minimum atomic E-state index is 0.784. The van der Waals surface area contributed by atoms with Crippen LogP contribution in [0.2, 0.25) is 0 Å². The number of hydrogen-bond donors (Lipinski definition) is 3. The number of nitrogens with one attached hydrogen (secondary N) is 1. The summed E-state index contributed by atoms with van der Waals surface area (Å²) in [5, 5.41) is 5.59. The fourth-order valence-electron chi connectivity index (χ4n) is 3.89. The first-order valence-electron chi connectivity index (χ1n) is 11.0. The van der Waals surface area contributed by atoms with Gasteiger partial charge in [0.1, 0.15) is 0 Å². The van der Waals surface area contributed by atoms with Crippen molar-refractivity contribution in [3.63, 3.8) is 0 Å². The second-order valence-corrected chi connectivity index (χ2v) is 8.27. The average molecular weight is 437 g/mol. The number of nitrogens with two attached hydrogens (primary N) is 1.